The second kappa shape index (κ2) is 8.51. The first kappa shape index (κ1) is 21.8. The van der Waals surface area contributed by atoms with Crippen molar-refractivity contribution in [3.8, 4) is 22.3 Å². The van der Waals surface area contributed by atoms with E-state index in [4.69, 9.17) is 0 Å². The highest BCUT2D eigenvalue weighted by Gasteiger charge is 2.47. The van der Waals surface area contributed by atoms with Crippen LogP contribution in [0.25, 0.3) is 33.6 Å². The summed E-state index contributed by atoms with van der Waals surface area (Å²) < 4.78 is 0. The van der Waals surface area contributed by atoms with Gasteiger partial charge in [0, 0.05) is 25.2 Å². The van der Waals surface area contributed by atoms with Crippen molar-refractivity contribution in [3.05, 3.63) is 131 Å². The zero-order valence-electron chi connectivity index (χ0n) is 20.1. The summed E-state index contributed by atoms with van der Waals surface area (Å²) in [5.41, 5.74) is 7.99. The molecule has 174 valence electrons. The monoisotopic (exact) mass is 468 g/mol. The van der Waals surface area contributed by atoms with Crippen LogP contribution >= 0.6 is 0 Å². The van der Waals surface area contributed by atoms with Gasteiger partial charge in [0.1, 0.15) is 0 Å². The number of carbonyl (C=O) groups is 2. The molecule has 4 nitrogen and oxygen atoms in total. The maximum Gasteiger partial charge on any atom is 0.261 e. The lowest BCUT2D eigenvalue weighted by Gasteiger charge is -2.22. The van der Waals surface area contributed by atoms with Crippen LogP contribution in [-0.4, -0.2) is 35.7 Å². The normalized spacial score (nSPS) is 15.3. The van der Waals surface area contributed by atoms with Gasteiger partial charge in [-0.2, -0.15) is 0 Å². The highest BCUT2D eigenvalue weighted by molar-refractivity contribution is 6.30. The highest BCUT2D eigenvalue weighted by atomic mass is 16.2. The minimum atomic E-state index is -0.168. The maximum atomic E-state index is 13.8. The van der Waals surface area contributed by atoms with E-state index in [0.29, 0.717) is 22.5 Å². The van der Waals surface area contributed by atoms with Gasteiger partial charge < -0.3 is 9.80 Å². The molecule has 0 atom stereocenters. The molecule has 2 aliphatic heterocycles. The van der Waals surface area contributed by atoms with E-state index in [1.807, 2.05) is 109 Å². The molecule has 2 heterocycles. The summed E-state index contributed by atoms with van der Waals surface area (Å²) in [6.07, 6.45) is 0. The molecule has 0 aliphatic carbocycles. The minimum Gasteiger partial charge on any atom is -0.310 e. The Bertz CT molecular complexity index is 1460. The largest absolute Gasteiger partial charge is 0.310 e. The Morgan fingerprint density at radius 2 is 0.722 bits per heavy atom. The number of hydrogen-bond acceptors (Lipinski definition) is 2. The maximum absolute atomic E-state index is 13.8. The summed E-state index contributed by atoms with van der Waals surface area (Å²) >= 11 is 0. The van der Waals surface area contributed by atoms with E-state index in [1.165, 1.54) is 0 Å². The first-order chi connectivity index (χ1) is 17.6. The molecule has 2 amide bonds. The van der Waals surface area contributed by atoms with Crippen molar-refractivity contribution in [1.82, 2.24) is 9.80 Å². The molecule has 0 fully saturated rings. The van der Waals surface area contributed by atoms with Crippen LogP contribution in [0.1, 0.15) is 11.1 Å². The number of benzene rings is 4. The zero-order valence-corrected chi connectivity index (χ0v) is 20.1. The molecule has 4 heteroatoms. The van der Waals surface area contributed by atoms with E-state index in [2.05, 4.69) is 0 Å². The van der Waals surface area contributed by atoms with E-state index in [9.17, 15) is 9.59 Å². The van der Waals surface area contributed by atoms with Gasteiger partial charge in [-0.15, -0.1) is 0 Å². The molecule has 4 aromatic carbocycles. The molecule has 0 N–H and O–H groups in total. The van der Waals surface area contributed by atoms with E-state index in [-0.39, 0.29) is 11.8 Å². The van der Waals surface area contributed by atoms with Crippen LogP contribution < -0.4 is 0 Å². The summed E-state index contributed by atoms with van der Waals surface area (Å²) in [6.45, 7) is 0. The van der Waals surface area contributed by atoms with Gasteiger partial charge in [-0.25, -0.2) is 0 Å². The van der Waals surface area contributed by atoms with Gasteiger partial charge in [0.2, 0.25) is 0 Å². The molecule has 0 radical (unpaired) electrons. The molecule has 0 aromatic heterocycles. The first-order valence-corrected chi connectivity index (χ1v) is 11.9. The standard InChI is InChI=1S/C32H24N2O2/c1-33-29(25-19-11-9-17-23(25)21-13-5-3-6-14-21)27-28(31(33)35)30(34(2)32(27)36)26-20-12-10-18-24(26)22-15-7-4-8-16-22/h3-20H,1-2H3. The van der Waals surface area contributed by atoms with Crippen LogP contribution in [0.2, 0.25) is 0 Å². The van der Waals surface area contributed by atoms with E-state index in [0.717, 1.165) is 33.4 Å². The molecular formula is C32H24N2O2. The second-order valence-electron chi connectivity index (χ2n) is 9.00. The van der Waals surface area contributed by atoms with Crippen LogP contribution in [0.4, 0.5) is 0 Å². The Morgan fingerprint density at radius 3 is 1.08 bits per heavy atom. The summed E-state index contributed by atoms with van der Waals surface area (Å²) in [5.74, 6) is -0.336. The van der Waals surface area contributed by atoms with Crippen LogP contribution in [0.3, 0.4) is 0 Å². The lowest BCUT2D eigenvalue weighted by atomic mass is 9.93. The van der Waals surface area contributed by atoms with Crippen molar-refractivity contribution in [3.63, 3.8) is 0 Å². The van der Waals surface area contributed by atoms with Gasteiger partial charge in [-0.05, 0) is 22.3 Å². The number of amides is 2. The summed E-state index contributed by atoms with van der Waals surface area (Å²) in [5, 5.41) is 0. The Kier molecular flexibility index (Phi) is 5.15. The lowest BCUT2D eigenvalue weighted by molar-refractivity contribution is -0.123. The van der Waals surface area contributed by atoms with Gasteiger partial charge >= 0.3 is 0 Å². The summed E-state index contributed by atoms with van der Waals surface area (Å²) in [4.78, 5) is 30.8. The fourth-order valence-electron chi connectivity index (χ4n) is 5.28. The summed E-state index contributed by atoms with van der Waals surface area (Å²) in [6, 6.07) is 36.0. The molecular weight excluding hydrogens is 444 g/mol. The fourth-order valence-corrected chi connectivity index (χ4v) is 5.28. The van der Waals surface area contributed by atoms with Crippen molar-refractivity contribution in [1.29, 1.82) is 0 Å². The van der Waals surface area contributed by atoms with Gasteiger partial charge in [-0.3, -0.25) is 9.59 Å². The molecule has 6 rings (SSSR count). The fraction of sp³-hybridized carbons (Fsp3) is 0.0625. The van der Waals surface area contributed by atoms with Crippen molar-refractivity contribution in [2.24, 2.45) is 0 Å². The second-order valence-corrected chi connectivity index (χ2v) is 9.00. The van der Waals surface area contributed by atoms with Gasteiger partial charge in [-0.1, -0.05) is 109 Å². The Labute approximate surface area is 210 Å². The molecule has 4 aromatic rings. The third-order valence-electron chi connectivity index (χ3n) is 6.97. The number of likely N-dealkylation sites (N-methyl/N-ethyl adjacent to an activating group) is 2. The molecule has 0 bridgehead atoms. The molecule has 0 saturated carbocycles. The average molecular weight is 469 g/mol. The number of nitrogens with zero attached hydrogens (tertiary/aromatic N) is 2. The summed E-state index contributed by atoms with van der Waals surface area (Å²) in [7, 11) is 3.51. The molecule has 0 unspecified atom stereocenters. The molecule has 0 spiro atoms. The predicted octanol–water partition coefficient (Wildman–Crippen LogP) is 6.09. The zero-order chi connectivity index (χ0) is 24.8. The quantitative estimate of drug-likeness (QED) is 0.364. The van der Waals surface area contributed by atoms with Crippen molar-refractivity contribution in [2.75, 3.05) is 14.1 Å². The Morgan fingerprint density at radius 1 is 0.417 bits per heavy atom. The van der Waals surface area contributed by atoms with Gasteiger partial charge in [0.05, 0.1) is 22.5 Å². The van der Waals surface area contributed by atoms with E-state index in [1.54, 1.807) is 23.9 Å². The third kappa shape index (κ3) is 3.23. The van der Waals surface area contributed by atoms with E-state index >= 15 is 0 Å². The highest BCUT2D eigenvalue weighted by Crippen LogP contribution is 2.48. The van der Waals surface area contributed by atoms with Crippen LogP contribution in [0.5, 0.6) is 0 Å². The topological polar surface area (TPSA) is 40.6 Å². The lowest BCUT2D eigenvalue weighted by Crippen LogP contribution is -2.25. The average Bonchev–Trinajstić information content (AvgIpc) is 3.34. The number of rotatable bonds is 4. The Hall–Kier alpha value is -4.70. The third-order valence-corrected chi connectivity index (χ3v) is 6.97. The van der Waals surface area contributed by atoms with Crippen LogP contribution in [-0.2, 0) is 9.59 Å². The first-order valence-electron chi connectivity index (χ1n) is 11.9. The van der Waals surface area contributed by atoms with Gasteiger partial charge in [0.25, 0.3) is 11.8 Å². The number of hydrogen-bond donors (Lipinski definition) is 0. The molecule has 2 aliphatic rings. The van der Waals surface area contributed by atoms with E-state index < -0.39 is 0 Å². The Balaban J connectivity index is 1.62. The molecule has 36 heavy (non-hydrogen) atoms. The SMILES string of the molecule is CN1C(=O)C2=C(c3ccccc3-c3ccccc3)N(C)C(=O)C2=C1c1ccccc1-c1ccccc1. The van der Waals surface area contributed by atoms with Crippen molar-refractivity contribution < 1.29 is 9.59 Å². The smallest absolute Gasteiger partial charge is 0.261 e. The molecule has 0 saturated heterocycles. The van der Waals surface area contributed by atoms with Crippen LogP contribution in [0, 0.1) is 0 Å². The van der Waals surface area contributed by atoms with Crippen molar-refractivity contribution >= 4 is 23.2 Å². The van der Waals surface area contributed by atoms with Crippen LogP contribution in [0.15, 0.2) is 120 Å². The van der Waals surface area contributed by atoms with Crippen molar-refractivity contribution in [2.45, 2.75) is 0 Å². The number of fused-ring (bicyclic) bond motifs is 1. The minimum absolute atomic E-state index is 0.168. The van der Waals surface area contributed by atoms with Gasteiger partial charge in [0.15, 0.2) is 0 Å². The predicted molar refractivity (Wildman–Crippen MR) is 143 cm³/mol. The number of carbonyl (C=O) groups excluding carboxylic acids is 2.